The lowest BCUT2D eigenvalue weighted by atomic mass is 10.4. The molecule has 1 aliphatic carbocycles. The number of hydrogen-bond donors (Lipinski definition) is 1. The van der Waals surface area contributed by atoms with Crippen LogP contribution in [0.3, 0.4) is 0 Å². The second-order valence-corrected chi connectivity index (χ2v) is 6.63. The molecule has 7 heteroatoms. The highest BCUT2D eigenvalue weighted by Gasteiger charge is 2.24. The van der Waals surface area contributed by atoms with Gasteiger partial charge in [-0.25, -0.2) is 13.4 Å². The number of nitrogens with zero attached hydrogens (tertiary/aromatic N) is 1. The quantitative estimate of drug-likeness (QED) is 0.862. The topological polar surface area (TPSA) is 77.5 Å². The molecule has 6 nitrogen and oxygen atoms in total. The molecule has 0 unspecified atom stereocenters. The minimum atomic E-state index is -3.39. The molecule has 0 spiro atoms. The zero-order chi connectivity index (χ0) is 14.0. The fraction of sp³-hybridized carbons (Fsp3) is 0.583. The third-order valence-electron chi connectivity index (χ3n) is 2.30. The molecular weight excluding hydrogens is 268 g/mol. The maximum absolute atomic E-state index is 11.3. The van der Waals surface area contributed by atoms with Gasteiger partial charge in [0.15, 0.2) is 0 Å². The molecule has 0 aromatic carbocycles. The summed E-state index contributed by atoms with van der Waals surface area (Å²) in [6.07, 6.45) is 4.81. The van der Waals surface area contributed by atoms with Crippen LogP contribution >= 0.6 is 0 Å². The van der Waals surface area contributed by atoms with Gasteiger partial charge in [0, 0.05) is 6.07 Å². The Morgan fingerprint density at radius 2 is 2.11 bits per heavy atom. The first-order valence-electron chi connectivity index (χ1n) is 6.14. The van der Waals surface area contributed by atoms with Gasteiger partial charge in [-0.2, -0.15) is 0 Å². The van der Waals surface area contributed by atoms with Crippen molar-refractivity contribution in [3.8, 4) is 11.6 Å². The van der Waals surface area contributed by atoms with Crippen molar-refractivity contribution in [1.82, 2.24) is 4.98 Å². The molecule has 106 valence electrons. The molecule has 1 aromatic rings. The Bertz CT molecular complexity index is 553. The first-order chi connectivity index (χ1) is 8.83. The van der Waals surface area contributed by atoms with Gasteiger partial charge in [-0.3, -0.25) is 4.72 Å². The highest BCUT2D eigenvalue weighted by molar-refractivity contribution is 7.92. The number of anilines is 1. The molecule has 0 amide bonds. The molecule has 2 rings (SSSR count). The van der Waals surface area contributed by atoms with Crippen LogP contribution in [0.4, 0.5) is 5.69 Å². The van der Waals surface area contributed by atoms with Gasteiger partial charge in [0.05, 0.1) is 24.7 Å². The van der Waals surface area contributed by atoms with E-state index in [0.717, 1.165) is 19.1 Å². The van der Waals surface area contributed by atoms with Gasteiger partial charge in [0.2, 0.25) is 15.9 Å². The Morgan fingerprint density at radius 3 is 2.63 bits per heavy atom. The van der Waals surface area contributed by atoms with Gasteiger partial charge >= 0.3 is 0 Å². The second kappa shape index (κ2) is 5.24. The summed E-state index contributed by atoms with van der Waals surface area (Å²) < 4.78 is 36.2. The lowest BCUT2D eigenvalue weighted by molar-refractivity contribution is 0.232. The Morgan fingerprint density at radius 1 is 1.42 bits per heavy atom. The molecule has 0 aliphatic heterocycles. The van der Waals surface area contributed by atoms with Gasteiger partial charge in [0.25, 0.3) is 0 Å². The normalized spacial score (nSPS) is 15.4. The van der Waals surface area contributed by atoms with Crippen LogP contribution in [0.15, 0.2) is 12.3 Å². The molecule has 0 bridgehead atoms. The Balaban J connectivity index is 2.25. The fourth-order valence-corrected chi connectivity index (χ4v) is 2.01. The molecule has 0 radical (unpaired) electrons. The van der Waals surface area contributed by atoms with Crippen LogP contribution in [0.1, 0.15) is 26.7 Å². The zero-order valence-corrected chi connectivity index (χ0v) is 12.0. The standard InChI is InChI=1S/C12H18N2O4S/c1-8(2)17-12-11(14-19(3,15)16)6-10(7-13-12)18-9-4-5-9/h6-9,14H,4-5H2,1-3H3. The van der Waals surface area contributed by atoms with Crippen LogP contribution < -0.4 is 14.2 Å². The molecule has 19 heavy (non-hydrogen) atoms. The Labute approximate surface area is 113 Å². The van der Waals surface area contributed by atoms with Crippen molar-refractivity contribution in [2.75, 3.05) is 11.0 Å². The van der Waals surface area contributed by atoms with Gasteiger partial charge in [-0.1, -0.05) is 0 Å². The van der Waals surface area contributed by atoms with E-state index in [1.807, 2.05) is 13.8 Å². The van der Waals surface area contributed by atoms with Crippen LogP contribution in [0, 0.1) is 0 Å². The van der Waals surface area contributed by atoms with E-state index in [1.165, 1.54) is 0 Å². The average molecular weight is 286 g/mol. The van der Waals surface area contributed by atoms with Gasteiger partial charge < -0.3 is 9.47 Å². The van der Waals surface area contributed by atoms with Crippen molar-refractivity contribution in [3.63, 3.8) is 0 Å². The van der Waals surface area contributed by atoms with Crippen LogP contribution in [0.2, 0.25) is 0 Å². The molecule has 1 heterocycles. The summed E-state index contributed by atoms with van der Waals surface area (Å²) in [6.45, 7) is 3.70. The minimum absolute atomic E-state index is 0.0946. The molecule has 0 saturated heterocycles. The van der Waals surface area contributed by atoms with Crippen molar-refractivity contribution in [1.29, 1.82) is 0 Å². The number of rotatable bonds is 6. The lowest BCUT2D eigenvalue weighted by Crippen LogP contribution is -2.14. The van der Waals surface area contributed by atoms with Gasteiger partial charge in [-0.15, -0.1) is 0 Å². The monoisotopic (exact) mass is 286 g/mol. The number of sulfonamides is 1. The van der Waals surface area contributed by atoms with E-state index in [-0.39, 0.29) is 18.1 Å². The molecule has 1 N–H and O–H groups in total. The van der Waals surface area contributed by atoms with E-state index in [1.54, 1.807) is 12.3 Å². The minimum Gasteiger partial charge on any atom is -0.489 e. The van der Waals surface area contributed by atoms with Crippen LogP contribution in [0.5, 0.6) is 11.6 Å². The maximum atomic E-state index is 11.3. The average Bonchev–Trinajstić information content (AvgIpc) is 3.03. The first-order valence-corrected chi connectivity index (χ1v) is 8.04. The smallest absolute Gasteiger partial charge is 0.238 e. The van der Waals surface area contributed by atoms with E-state index < -0.39 is 10.0 Å². The summed E-state index contributed by atoms with van der Waals surface area (Å²) in [6, 6.07) is 1.60. The molecule has 1 aliphatic rings. The number of ether oxygens (including phenoxy) is 2. The summed E-state index contributed by atoms with van der Waals surface area (Å²) in [4.78, 5) is 4.11. The summed E-state index contributed by atoms with van der Waals surface area (Å²) >= 11 is 0. The van der Waals surface area contributed by atoms with E-state index in [9.17, 15) is 8.42 Å². The molecule has 1 saturated carbocycles. The summed E-state index contributed by atoms with van der Waals surface area (Å²) in [7, 11) is -3.39. The highest BCUT2D eigenvalue weighted by atomic mass is 32.2. The van der Waals surface area contributed by atoms with E-state index in [2.05, 4.69) is 9.71 Å². The number of hydrogen-bond acceptors (Lipinski definition) is 5. The molecular formula is C12H18N2O4S. The molecule has 1 aromatic heterocycles. The maximum Gasteiger partial charge on any atom is 0.238 e. The number of aromatic nitrogens is 1. The van der Waals surface area contributed by atoms with Gasteiger partial charge in [-0.05, 0) is 26.7 Å². The predicted molar refractivity (Wildman–Crippen MR) is 72.1 cm³/mol. The van der Waals surface area contributed by atoms with Crippen LogP contribution in [-0.2, 0) is 10.0 Å². The highest BCUT2D eigenvalue weighted by Crippen LogP contribution is 2.32. The third kappa shape index (κ3) is 4.59. The summed E-state index contributed by atoms with van der Waals surface area (Å²) in [5.74, 6) is 0.799. The summed E-state index contributed by atoms with van der Waals surface area (Å²) in [5, 5.41) is 0. The van der Waals surface area contributed by atoms with Crippen molar-refractivity contribution >= 4 is 15.7 Å². The van der Waals surface area contributed by atoms with Crippen LogP contribution in [-0.4, -0.2) is 31.9 Å². The van der Waals surface area contributed by atoms with Crippen molar-refractivity contribution in [3.05, 3.63) is 12.3 Å². The largest absolute Gasteiger partial charge is 0.489 e. The van der Waals surface area contributed by atoms with E-state index >= 15 is 0 Å². The SMILES string of the molecule is CC(C)Oc1ncc(OC2CC2)cc1NS(C)(=O)=O. The number of pyridine rings is 1. The molecule has 0 atom stereocenters. The first kappa shape index (κ1) is 13.9. The van der Waals surface area contributed by atoms with E-state index in [4.69, 9.17) is 9.47 Å². The zero-order valence-electron chi connectivity index (χ0n) is 11.2. The Kier molecular flexibility index (Phi) is 3.84. The van der Waals surface area contributed by atoms with Crippen molar-refractivity contribution in [2.45, 2.75) is 38.9 Å². The fourth-order valence-electron chi connectivity index (χ4n) is 1.47. The third-order valence-corrected chi connectivity index (χ3v) is 2.89. The second-order valence-electron chi connectivity index (χ2n) is 4.88. The van der Waals surface area contributed by atoms with Crippen molar-refractivity contribution < 1.29 is 17.9 Å². The Hall–Kier alpha value is -1.50. The van der Waals surface area contributed by atoms with Crippen molar-refractivity contribution in [2.24, 2.45) is 0 Å². The lowest BCUT2D eigenvalue weighted by Gasteiger charge is -2.15. The number of nitrogens with one attached hydrogen (secondary N) is 1. The van der Waals surface area contributed by atoms with Gasteiger partial charge in [0.1, 0.15) is 11.4 Å². The van der Waals surface area contributed by atoms with Crippen LogP contribution in [0.25, 0.3) is 0 Å². The predicted octanol–water partition coefficient (Wildman–Crippen LogP) is 1.78. The van der Waals surface area contributed by atoms with E-state index in [0.29, 0.717) is 11.4 Å². The summed E-state index contributed by atoms with van der Waals surface area (Å²) in [5.41, 5.74) is 0.300. The molecule has 1 fully saturated rings.